The Kier molecular flexibility index (Phi) is 3.84. The smallest absolute Gasteiger partial charge is 0.345 e. The molecule has 0 amide bonds. The number of benzene rings is 2. The van der Waals surface area contributed by atoms with E-state index in [4.69, 9.17) is 13.9 Å². The minimum atomic E-state index is -0.609. The van der Waals surface area contributed by atoms with E-state index in [-0.39, 0.29) is 22.0 Å². The molecule has 0 aliphatic carbocycles. The van der Waals surface area contributed by atoms with Gasteiger partial charge in [0.25, 0.3) is 0 Å². The molecule has 0 saturated carbocycles. The van der Waals surface area contributed by atoms with Crippen molar-refractivity contribution in [3.05, 3.63) is 64.0 Å². The first-order valence-electron chi connectivity index (χ1n) is 8.01. The lowest BCUT2D eigenvalue weighted by Crippen LogP contribution is -2.09. The second-order valence-electron chi connectivity index (χ2n) is 5.81. The maximum absolute atomic E-state index is 12.4. The number of ether oxygens (including phenoxy) is 2. The lowest BCUT2D eigenvalue weighted by atomic mass is 10.0. The number of aromatic nitrogens is 1. The molecule has 0 aliphatic rings. The van der Waals surface area contributed by atoms with E-state index in [0.29, 0.717) is 21.9 Å². The summed E-state index contributed by atoms with van der Waals surface area (Å²) in [7, 11) is 2.51. The lowest BCUT2D eigenvalue weighted by Gasteiger charge is -2.10. The van der Waals surface area contributed by atoms with Crippen LogP contribution in [0.1, 0.15) is 20.7 Å². The first kappa shape index (κ1) is 16.7. The molecule has 7 nitrogen and oxygen atoms in total. The molecule has 0 unspecified atom stereocenters. The highest BCUT2D eigenvalue weighted by molar-refractivity contribution is 6.14. The lowest BCUT2D eigenvalue weighted by molar-refractivity contribution is 0.0590. The number of fused-ring (bicyclic) bond motifs is 4. The molecule has 0 N–H and O–H groups in total. The molecule has 4 rings (SSSR count). The van der Waals surface area contributed by atoms with Gasteiger partial charge < -0.3 is 13.9 Å². The highest BCUT2D eigenvalue weighted by Gasteiger charge is 2.20. The molecule has 7 heteroatoms. The Morgan fingerprint density at radius 2 is 1.52 bits per heavy atom. The van der Waals surface area contributed by atoms with Gasteiger partial charge in [-0.05, 0) is 30.3 Å². The number of methoxy groups -OCH3 is 2. The molecule has 2 heterocycles. The number of rotatable bonds is 2. The fraction of sp³-hybridized carbons (Fsp3) is 0.100. The van der Waals surface area contributed by atoms with Crippen molar-refractivity contribution >= 4 is 44.7 Å². The van der Waals surface area contributed by atoms with Crippen LogP contribution in [0.15, 0.2) is 51.7 Å². The number of carbonyl (C=O) groups excluding carboxylic acids is 2. The third-order valence-electron chi connectivity index (χ3n) is 4.36. The maximum atomic E-state index is 12.4. The van der Waals surface area contributed by atoms with Crippen LogP contribution in [-0.4, -0.2) is 31.1 Å². The number of pyridine rings is 1. The van der Waals surface area contributed by atoms with Gasteiger partial charge in [0.2, 0.25) is 0 Å². The molecule has 2 aromatic heterocycles. The number of para-hydroxylation sites is 1. The SMILES string of the molecule is COC(=O)c1ccc(C(=O)OC)c2nc3c(cc12)c(=O)oc1ccccc13. The van der Waals surface area contributed by atoms with Crippen molar-refractivity contribution in [1.82, 2.24) is 4.98 Å². The Balaban J connectivity index is 2.24. The van der Waals surface area contributed by atoms with Gasteiger partial charge in [-0.25, -0.2) is 19.4 Å². The summed E-state index contributed by atoms with van der Waals surface area (Å²) in [5.41, 5.74) is 0.777. The Hall–Kier alpha value is -3.74. The molecule has 0 fully saturated rings. The predicted molar refractivity (Wildman–Crippen MR) is 98.0 cm³/mol. The highest BCUT2D eigenvalue weighted by Crippen LogP contribution is 2.29. The standard InChI is InChI=1S/C20H13NO6/c1-25-18(22)10-7-8-12(19(23)26-2)17-13(10)9-14-16(21-17)11-5-3-4-6-15(11)27-20(14)24/h3-9H,1-2H3. The van der Waals surface area contributed by atoms with Gasteiger partial charge in [0, 0.05) is 10.8 Å². The Morgan fingerprint density at radius 3 is 2.26 bits per heavy atom. The number of nitrogens with zero attached hydrogens (tertiary/aromatic N) is 1. The van der Waals surface area contributed by atoms with Gasteiger partial charge in [0.15, 0.2) is 0 Å². The van der Waals surface area contributed by atoms with E-state index < -0.39 is 17.6 Å². The topological polar surface area (TPSA) is 95.7 Å². The zero-order valence-electron chi connectivity index (χ0n) is 14.4. The normalized spacial score (nSPS) is 11.0. The van der Waals surface area contributed by atoms with E-state index >= 15 is 0 Å². The average molecular weight is 363 g/mol. The van der Waals surface area contributed by atoms with Crippen LogP contribution in [0.3, 0.4) is 0 Å². The van der Waals surface area contributed by atoms with Gasteiger partial charge in [-0.3, -0.25) is 0 Å². The molecule has 27 heavy (non-hydrogen) atoms. The van der Waals surface area contributed by atoms with Crippen LogP contribution in [0.4, 0.5) is 0 Å². The summed E-state index contributed by atoms with van der Waals surface area (Å²) in [5, 5.41) is 1.13. The summed E-state index contributed by atoms with van der Waals surface area (Å²) in [4.78, 5) is 41.3. The molecule has 2 aromatic carbocycles. The summed E-state index contributed by atoms with van der Waals surface area (Å²) in [5.74, 6) is -1.21. The van der Waals surface area contributed by atoms with Crippen LogP contribution < -0.4 is 5.63 Å². The van der Waals surface area contributed by atoms with Gasteiger partial charge in [0.05, 0.1) is 41.8 Å². The largest absolute Gasteiger partial charge is 0.465 e. The van der Waals surface area contributed by atoms with Crippen LogP contribution in [0.2, 0.25) is 0 Å². The van der Waals surface area contributed by atoms with E-state index in [1.165, 1.54) is 32.4 Å². The molecule has 0 spiro atoms. The summed E-state index contributed by atoms with van der Waals surface area (Å²) in [6.07, 6.45) is 0. The first-order chi connectivity index (χ1) is 13.0. The zero-order chi connectivity index (χ0) is 19.1. The van der Waals surface area contributed by atoms with Gasteiger partial charge >= 0.3 is 17.6 Å². The molecule has 0 bridgehead atoms. The van der Waals surface area contributed by atoms with Crippen LogP contribution in [0.5, 0.6) is 0 Å². The minimum Gasteiger partial charge on any atom is -0.465 e. The first-order valence-corrected chi connectivity index (χ1v) is 8.01. The Bertz CT molecular complexity index is 1300. The van der Waals surface area contributed by atoms with E-state index in [1.54, 1.807) is 24.3 Å². The molecular weight excluding hydrogens is 350 g/mol. The van der Waals surface area contributed by atoms with E-state index in [0.717, 1.165) is 0 Å². The van der Waals surface area contributed by atoms with Crippen molar-refractivity contribution in [2.24, 2.45) is 0 Å². The molecule has 0 atom stereocenters. The summed E-state index contributed by atoms with van der Waals surface area (Å²) in [6, 6.07) is 11.3. The monoisotopic (exact) mass is 363 g/mol. The van der Waals surface area contributed by atoms with Crippen LogP contribution >= 0.6 is 0 Å². The van der Waals surface area contributed by atoms with Gasteiger partial charge in [0.1, 0.15) is 5.58 Å². The third kappa shape index (κ3) is 2.52. The second-order valence-corrected chi connectivity index (χ2v) is 5.81. The van der Waals surface area contributed by atoms with Gasteiger partial charge in [-0.1, -0.05) is 12.1 Å². The number of hydrogen-bond acceptors (Lipinski definition) is 7. The van der Waals surface area contributed by atoms with Crippen LogP contribution in [0, 0.1) is 0 Å². The minimum absolute atomic E-state index is 0.180. The maximum Gasteiger partial charge on any atom is 0.345 e. The van der Waals surface area contributed by atoms with E-state index in [9.17, 15) is 14.4 Å². The molecule has 0 aliphatic heterocycles. The average Bonchev–Trinajstić information content (AvgIpc) is 2.71. The quantitative estimate of drug-likeness (QED) is 0.234. The number of carbonyl (C=O) groups is 2. The van der Waals surface area contributed by atoms with Crippen LogP contribution in [0.25, 0.3) is 32.8 Å². The van der Waals surface area contributed by atoms with Crippen LogP contribution in [-0.2, 0) is 9.47 Å². The van der Waals surface area contributed by atoms with E-state index in [2.05, 4.69) is 4.98 Å². The van der Waals surface area contributed by atoms with E-state index in [1.807, 2.05) is 0 Å². The second kappa shape index (κ2) is 6.21. The molecule has 4 aromatic rings. The summed E-state index contributed by atoms with van der Waals surface area (Å²) < 4.78 is 15.0. The van der Waals surface area contributed by atoms with Gasteiger partial charge in [-0.15, -0.1) is 0 Å². The summed E-state index contributed by atoms with van der Waals surface area (Å²) in [6.45, 7) is 0. The molecular formula is C20H13NO6. The molecule has 0 saturated heterocycles. The Morgan fingerprint density at radius 1 is 0.852 bits per heavy atom. The highest BCUT2D eigenvalue weighted by atomic mass is 16.5. The van der Waals surface area contributed by atoms with Crippen molar-refractivity contribution in [2.75, 3.05) is 14.2 Å². The number of esters is 2. The Labute approximate surface area is 152 Å². The molecule has 134 valence electrons. The molecule has 0 radical (unpaired) electrons. The van der Waals surface area contributed by atoms with Crippen molar-refractivity contribution in [2.45, 2.75) is 0 Å². The van der Waals surface area contributed by atoms with Crippen molar-refractivity contribution in [3.63, 3.8) is 0 Å². The van der Waals surface area contributed by atoms with Gasteiger partial charge in [-0.2, -0.15) is 0 Å². The number of hydrogen-bond donors (Lipinski definition) is 0. The van der Waals surface area contributed by atoms with Crippen molar-refractivity contribution < 1.29 is 23.5 Å². The fourth-order valence-electron chi connectivity index (χ4n) is 3.09. The summed E-state index contributed by atoms with van der Waals surface area (Å²) >= 11 is 0. The zero-order valence-corrected chi connectivity index (χ0v) is 14.4. The van der Waals surface area contributed by atoms with Crippen molar-refractivity contribution in [1.29, 1.82) is 0 Å². The van der Waals surface area contributed by atoms with Crippen molar-refractivity contribution in [3.8, 4) is 0 Å². The fourth-order valence-corrected chi connectivity index (χ4v) is 3.09. The predicted octanol–water partition coefficient (Wildman–Crippen LogP) is 3.07. The third-order valence-corrected chi connectivity index (χ3v) is 4.36.